The molecule has 2 aromatic carbocycles. The number of likely N-dealkylation sites (N-methyl/N-ethyl adjacent to an activating group) is 1. The molecule has 1 aromatic heterocycles. The van der Waals surface area contributed by atoms with Crippen LogP contribution in [0, 0.1) is 6.92 Å². The summed E-state index contributed by atoms with van der Waals surface area (Å²) < 4.78 is 5.58. The summed E-state index contributed by atoms with van der Waals surface area (Å²) in [5, 5.41) is 4.58. The fourth-order valence-corrected chi connectivity index (χ4v) is 4.48. The van der Waals surface area contributed by atoms with E-state index in [1.807, 2.05) is 19.2 Å². The van der Waals surface area contributed by atoms with Crippen molar-refractivity contribution in [2.45, 2.75) is 25.7 Å². The first-order valence-electron chi connectivity index (χ1n) is 10.3. The van der Waals surface area contributed by atoms with Crippen molar-refractivity contribution in [2.24, 2.45) is 0 Å². The fourth-order valence-electron chi connectivity index (χ4n) is 4.48. The van der Waals surface area contributed by atoms with Crippen LogP contribution >= 0.6 is 0 Å². The molecule has 3 aromatic rings. The zero-order valence-corrected chi connectivity index (χ0v) is 17.2. The summed E-state index contributed by atoms with van der Waals surface area (Å²) >= 11 is 0. The van der Waals surface area contributed by atoms with Gasteiger partial charge in [0.25, 0.3) is 0 Å². The maximum Gasteiger partial charge on any atom is 0.128 e. The number of H-pyrrole nitrogens is 1. The highest BCUT2D eigenvalue weighted by molar-refractivity contribution is 5.92. The fraction of sp³-hybridized carbons (Fsp3) is 0.417. The monoisotopic (exact) mass is 377 g/mol. The number of para-hydroxylation sites is 1. The van der Waals surface area contributed by atoms with Crippen LogP contribution in [0.5, 0.6) is 5.75 Å². The van der Waals surface area contributed by atoms with E-state index in [-0.39, 0.29) is 0 Å². The van der Waals surface area contributed by atoms with Gasteiger partial charge in [0, 0.05) is 29.6 Å². The number of aromatic amines is 1. The van der Waals surface area contributed by atoms with Crippen molar-refractivity contribution in [3.8, 4) is 17.0 Å². The van der Waals surface area contributed by atoms with Crippen molar-refractivity contribution in [3.05, 3.63) is 53.6 Å². The lowest BCUT2D eigenvalue weighted by atomic mass is 9.88. The van der Waals surface area contributed by atoms with E-state index >= 15 is 0 Å². The van der Waals surface area contributed by atoms with Gasteiger partial charge in [-0.2, -0.15) is 0 Å². The smallest absolute Gasteiger partial charge is 0.128 e. The largest absolute Gasteiger partial charge is 0.496 e. The van der Waals surface area contributed by atoms with Gasteiger partial charge in [0.05, 0.1) is 12.8 Å². The van der Waals surface area contributed by atoms with E-state index in [9.17, 15) is 0 Å². The Morgan fingerprint density at radius 1 is 1.14 bits per heavy atom. The molecule has 0 atom stereocenters. The number of hydrogen-bond acceptors (Lipinski definition) is 3. The number of hydrogen-bond donors (Lipinski definition) is 2. The van der Waals surface area contributed by atoms with Crippen LogP contribution in [-0.2, 0) is 0 Å². The number of nitrogens with one attached hydrogen (secondary N) is 2. The van der Waals surface area contributed by atoms with Gasteiger partial charge in [-0.3, -0.25) is 0 Å². The highest BCUT2D eigenvalue weighted by Crippen LogP contribution is 2.37. The van der Waals surface area contributed by atoms with E-state index in [4.69, 9.17) is 4.74 Å². The Kier molecular flexibility index (Phi) is 5.69. The number of methoxy groups -OCH3 is 1. The number of fused-ring (bicyclic) bond motifs is 1. The van der Waals surface area contributed by atoms with Crippen molar-refractivity contribution < 1.29 is 4.74 Å². The molecule has 2 N–H and O–H groups in total. The average molecular weight is 378 g/mol. The molecule has 1 aliphatic rings. The minimum atomic E-state index is 0.666. The van der Waals surface area contributed by atoms with Crippen molar-refractivity contribution >= 4 is 10.9 Å². The predicted molar refractivity (Wildman–Crippen MR) is 117 cm³/mol. The molecule has 4 nitrogen and oxygen atoms in total. The molecule has 28 heavy (non-hydrogen) atoms. The van der Waals surface area contributed by atoms with E-state index in [0.717, 1.165) is 30.1 Å². The van der Waals surface area contributed by atoms with Gasteiger partial charge in [-0.15, -0.1) is 0 Å². The van der Waals surface area contributed by atoms with Crippen LogP contribution in [0.3, 0.4) is 0 Å². The summed E-state index contributed by atoms with van der Waals surface area (Å²) in [6.45, 7) is 6.84. The third-order valence-corrected chi connectivity index (χ3v) is 6.20. The van der Waals surface area contributed by atoms with Gasteiger partial charge in [-0.05, 0) is 81.2 Å². The number of aromatic nitrogens is 1. The molecule has 1 aliphatic heterocycles. The Morgan fingerprint density at radius 3 is 2.68 bits per heavy atom. The van der Waals surface area contributed by atoms with Crippen LogP contribution in [0.15, 0.2) is 42.5 Å². The molecule has 0 saturated carbocycles. The standard InChI is InChI=1S/C24H31N3O/c1-17-21-16-19(18-10-13-27(14-11-18)15-12-25-2)8-9-22(21)26-24(17)20-6-4-5-7-23(20)28-3/h4-9,16,18,25-26H,10-15H2,1-3H3. The normalized spacial score (nSPS) is 16.0. The Labute approximate surface area is 167 Å². The minimum Gasteiger partial charge on any atom is -0.496 e. The number of piperidine rings is 1. The van der Waals surface area contributed by atoms with E-state index in [1.54, 1.807) is 7.11 Å². The van der Waals surface area contributed by atoms with E-state index in [1.165, 1.54) is 48.0 Å². The molecule has 0 radical (unpaired) electrons. The number of nitrogens with zero attached hydrogens (tertiary/aromatic N) is 1. The maximum atomic E-state index is 5.58. The number of likely N-dealkylation sites (tertiary alicyclic amines) is 1. The van der Waals surface area contributed by atoms with Gasteiger partial charge in [-0.25, -0.2) is 0 Å². The second kappa shape index (κ2) is 8.38. The number of aryl methyl sites for hydroxylation is 1. The third kappa shape index (κ3) is 3.67. The zero-order valence-electron chi connectivity index (χ0n) is 17.2. The average Bonchev–Trinajstić information content (AvgIpc) is 3.08. The highest BCUT2D eigenvalue weighted by atomic mass is 16.5. The number of rotatable bonds is 6. The predicted octanol–water partition coefficient (Wildman–Crippen LogP) is 4.55. The van der Waals surface area contributed by atoms with Crippen LogP contribution in [0.25, 0.3) is 22.2 Å². The van der Waals surface area contributed by atoms with Crippen LogP contribution in [0.2, 0.25) is 0 Å². The van der Waals surface area contributed by atoms with Gasteiger partial charge >= 0.3 is 0 Å². The van der Waals surface area contributed by atoms with Crippen molar-refractivity contribution in [2.75, 3.05) is 40.3 Å². The molecule has 2 heterocycles. The van der Waals surface area contributed by atoms with Gasteiger partial charge in [0.2, 0.25) is 0 Å². The number of benzene rings is 2. The first kappa shape index (κ1) is 19.0. The first-order valence-corrected chi connectivity index (χ1v) is 10.3. The minimum absolute atomic E-state index is 0.666. The van der Waals surface area contributed by atoms with E-state index in [0.29, 0.717) is 5.92 Å². The zero-order chi connectivity index (χ0) is 19.5. The molecule has 4 rings (SSSR count). The van der Waals surface area contributed by atoms with Gasteiger partial charge in [0.15, 0.2) is 0 Å². The second-order valence-corrected chi connectivity index (χ2v) is 7.85. The Bertz CT molecular complexity index is 938. The lowest BCUT2D eigenvalue weighted by Gasteiger charge is -2.32. The van der Waals surface area contributed by atoms with E-state index < -0.39 is 0 Å². The highest BCUT2D eigenvalue weighted by Gasteiger charge is 2.21. The Hall–Kier alpha value is -2.30. The summed E-state index contributed by atoms with van der Waals surface area (Å²) in [5.41, 5.74) is 6.26. The molecular weight excluding hydrogens is 346 g/mol. The molecule has 148 valence electrons. The summed E-state index contributed by atoms with van der Waals surface area (Å²) in [6, 6.07) is 15.2. The van der Waals surface area contributed by atoms with Crippen molar-refractivity contribution in [3.63, 3.8) is 0 Å². The molecular formula is C24H31N3O. The molecule has 1 saturated heterocycles. The van der Waals surface area contributed by atoms with Crippen LogP contribution in [0.4, 0.5) is 0 Å². The molecule has 1 fully saturated rings. The molecule has 0 aliphatic carbocycles. The summed E-state index contributed by atoms with van der Waals surface area (Å²) in [7, 11) is 3.76. The summed E-state index contributed by atoms with van der Waals surface area (Å²) in [6.07, 6.45) is 2.50. The molecule has 0 unspecified atom stereocenters. The van der Waals surface area contributed by atoms with Gasteiger partial charge in [-0.1, -0.05) is 18.2 Å². The van der Waals surface area contributed by atoms with Crippen LogP contribution in [-0.4, -0.2) is 50.2 Å². The summed E-state index contributed by atoms with van der Waals surface area (Å²) in [4.78, 5) is 6.20. The quantitative estimate of drug-likeness (QED) is 0.662. The van der Waals surface area contributed by atoms with Crippen LogP contribution in [0.1, 0.15) is 29.9 Å². The van der Waals surface area contributed by atoms with Crippen LogP contribution < -0.4 is 10.1 Å². The number of ether oxygens (including phenoxy) is 1. The summed E-state index contributed by atoms with van der Waals surface area (Å²) in [5.74, 6) is 1.57. The topological polar surface area (TPSA) is 40.3 Å². The Morgan fingerprint density at radius 2 is 1.93 bits per heavy atom. The van der Waals surface area contributed by atoms with Crippen molar-refractivity contribution in [1.29, 1.82) is 0 Å². The van der Waals surface area contributed by atoms with Gasteiger partial charge < -0.3 is 19.9 Å². The molecule has 0 spiro atoms. The lowest BCUT2D eigenvalue weighted by molar-refractivity contribution is 0.214. The Balaban J connectivity index is 1.59. The first-order chi connectivity index (χ1) is 13.7. The molecule has 0 amide bonds. The maximum absolute atomic E-state index is 5.58. The van der Waals surface area contributed by atoms with Gasteiger partial charge in [0.1, 0.15) is 5.75 Å². The molecule has 0 bridgehead atoms. The molecule has 4 heteroatoms. The second-order valence-electron chi connectivity index (χ2n) is 7.85. The SMILES string of the molecule is CNCCN1CCC(c2ccc3[nH]c(-c4ccccc4OC)c(C)c3c2)CC1. The van der Waals surface area contributed by atoms with E-state index in [2.05, 4.69) is 52.5 Å². The van der Waals surface area contributed by atoms with Crippen molar-refractivity contribution in [1.82, 2.24) is 15.2 Å². The lowest BCUT2D eigenvalue weighted by Crippen LogP contribution is -2.37. The third-order valence-electron chi connectivity index (χ3n) is 6.20.